The van der Waals surface area contributed by atoms with Crippen LogP contribution in [-0.4, -0.2) is 27.7 Å². The second-order valence-corrected chi connectivity index (χ2v) is 8.62. The van der Waals surface area contributed by atoms with Crippen molar-refractivity contribution in [3.63, 3.8) is 0 Å². The third-order valence-electron chi connectivity index (χ3n) is 5.60. The Hall–Kier alpha value is -1.88. The molecule has 136 valence electrons. The summed E-state index contributed by atoms with van der Waals surface area (Å²) in [6, 6.07) is 10.7. The highest BCUT2D eigenvalue weighted by atomic mass is 32.2. The van der Waals surface area contributed by atoms with Gasteiger partial charge in [0.2, 0.25) is 5.91 Å². The SMILES string of the molecule is Cc1ccc(-c2cc(C)nc(SCC(=O)N[C@H]3C[C@H]4CC[C@H]3C4)n2)cc1. The lowest BCUT2D eigenvalue weighted by atomic mass is 9.95. The number of aryl methyl sites for hydroxylation is 2. The van der Waals surface area contributed by atoms with Gasteiger partial charge in [-0.1, -0.05) is 48.0 Å². The van der Waals surface area contributed by atoms with Gasteiger partial charge in [-0.25, -0.2) is 9.97 Å². The first-order valence-electron chi connectivity index (χ1n) is 9.42. The summed E-state index contributed by atoms with van der Waals surface area (Å²) in [5.74, 6) is 2.03. The average molecular weight is 368 g/mol. The first-order chi connectivity index (χ1) is 12.6. The average Bonchev–Trinajstić information content (AvgIpc) is 3.23. The highest BCUT2D eigenvalue weighted by Crippen LogP contribution is 2.44. The molecule has 0 radical (unpaired) electrons. The van der Waals surface area contributed by atoms with E-state index in [2.05, 4.69) is 46.5 Å². The van der Waals surface area contributed by atoms with Crippen LogP contribution in [0.1, 0.15) is 36.9 Å². The monoisotopic (exact) mass is 367 g/mol. The highest BCUT2D eigenvalue weighted by molar-refractivity contribution is 7.99. The van der Waals surface area contributed by atoms with Gasteiger partial charge in [0.15, 0.2) is 5.16 Å². The lowest BCUT2D eigenvalue weighted by molar-refractivity contribution is -0.119. The van der Waals surface area contributed by atoms with Crippen molar-refractivity contribution in [2.75, 3.05) is 5.75 Å². The van der Waals surface area contributed by atoms with Gasteiger partial charge in [0, 0.05) is 17.3 Å². The summed E-state index contributed by atoms with van der Waals surface area (Å²) >= 11 is 1.42. The number of thioether (sulfide) groups is 1. The molecule has 2 aliphatic rings. The summed E-state index contributed by atoms with van der Waals surface area (Å²) in [5.41, 5.74) is 4.14. The van der Waals surface area contributed by atoms with E-state index in [4.69, 9.17) is 0 Å². The van der Waals surface area contributed by atoms with Crippen molar-refractivity contribution in [2.45, 2.75) is 50.7 Å². The number of rotatable bonds is 5. The third kappa shape index (κ3) is 3.93. The molecule has 0 saturated heterocycles. The summed E-state index contributed by atoms with van der Waals surface area (Å²) in [6.07, 6.45) is 5.10. The fraction of sp³-hybridized carbons (Fsp3) is 0.476. The molecule has 4 nitrogen and oxygen atoms in total. The van der Waals surface area contributed by atoms with Crippen molar-refractivity contribution >= 4 is 17.7 Å². The molecule has 2 aromatic rings. The molecule has 26 heavy (non-hydrogen) atoms. The zero-order chi connectivity index (χ0) is 18.1. The molecular formula is C21H25N3OS. The first-order valence-corrected chi connectivity index (χ1v) is 10.4. The van der Waals surface area contributed by atoms with Gasteiger partial charge in [0.1, 0.15) is 0 Å². The molecule has 2 saturated carbocycles. The molecule has 2 bridgehead atoms. The quantitative estimate of drug-likeness (QED) is 0.637. The fourth-order valence-corrected chi connectivity index (χ4v) is 4.99. The van der Waals surface area contributed by atoms with E-state index in [1.54, 1.807) is 0 Å². The van der Waals surface area contributed by atoms with Gasteiger partial charge in [-0.15, -0.1) is 0 Å². The molecule has 1 amide bonds. The Morgan fingerprint density at radius 1 is 1.15 bits per heavy atom. The van der Waals surface area contributed by atoms with E-state index in [-0.39, 0.29) is 5.91 Å². The van der Waals surface area contributed by atoms with Crippen LogP contribution in [0.3, 0.4) is 0 Å². The van der Waals surface area contributed by atoms with Crippen LogP contribution < -0.4 is 5.32 Å². The number of carbonyl (C=O) groups is 1. The molecule has 0 unspecified atom stereocenters. The number of hydrogen-bond donors (Lipinski definition) is 1. The molecule has 2 fully saturated rings. The van der Waals surface area contributed by atoms with Crippen LogP contribution in [0, 0.1) is 25.7 Å². The van der Waals surface area contributed by atoms with Crippen molar-refractivity contribution in [3.05, 3.63) is 41.6 Å². The van der Waals surface area contributed by atoms with E-state index in [1.807, 2.05) is 13.0 Å². The van der Waals surface area contributed by atoms with Gasteiger partial charge in [-0.2, -0.15) is 0 Å². The predicted molar refractivity (Wildman–Crippen MR) is 105 cm³/mol. The van der Waals surface area contributed by atoms with E-state index in [0.717, 1.165) is 22.9 Å². The number of nitrogens with zero attached hydrogens (tertiary/aromatic N) is 2. The molecule has 0 spiro atoms. The van der Waals surface area contributed by atoms with Crippen molar-refractivity contribution in [1.29, 1.82) is 0 Å². The maximum Gasteiger partial charge on any atom is 0.230 e. The van der Waals surface area contributed by atoms with Crippen molar-refractivity contribution in [1.82, 2.24) is 15.3 Å². The number of carbonyl (C=O) groups excluding carboxylic acids is 1. The van der Waals surface area contributed by atoms with Crippen LogP contribution in [0.2, 0.25) is 0 Å². The van der Waals surface area contributed by atoms with E-state index < -0.39 is 0 Å². The smallest absolute Gasteiger partial charge is 0.230 e. The second kappa shape index (κ2) is 7.39. The minimum atomic E-state index is 0.106. The molecule has 1 aromatic carbocycles. The Bertz CT molecular complexity index is 805. The van der Waals surface area contributed by atoms with Crippen molar-refractivity contribution < 1.29 is 4.79 Å². The van der Waals surface area contributed by atoms with Gasteiger partial charge in [0.05, 0.1) is 11.4 Å². The highest BCUT2D eigenvalue weighted by Gasteiger charge is 2.39. The standard InChI is InChI=1S/C21H25N3OS/c1-13-3-6-16(7-4-13)18-9-14(2)22-21(24-18)26-12-20(25)23-19-11-15-5-8-17(19)10-15/h3-4,6-7,9,15,17,19H,5,8,10-12H2,1-2H3,(H,23,25)/t15-,17-,19-/m0/s1. The van der Waals surface area contributed by atoms with Crippen molar-refractivity contribution in [2.24, 2.45) is 11.8 Å². The zero-order valence-electron chi connectivity index (χ0n) is 15.4. The molecule has 2 aliphatic carbocycles. The maximum atomic E-state index is 12.3. The number of amides is 1. The fourth-order valence-electron chi connectivity index (χ4n) is 4.28. The van der Waals surface area contributed by atoms with E-state index in [0.29, 0.717) is 22.9 Å². The Labute approximate surface area is 159 Å². The third-order valence-corrected chi connectivity index (χ3v) is 6.45. The van der Waals surface area contributed by atoms with Crippen molar-refractivity contribution in [3.8, 4) is 11.3 Å². The topological polar surface area (TPSA) is 54.9 Å². The normalized spacial score (nSPS) is 24.0. The molecule has 1 aromatic heterocycles. The molecule has 1 heterocycles. The lowest BCUT2D eigenvalue weighted by Crippen LogP contribution is -2.39. The van der Waals surface area contributed by atoms with Gasteiger partial charge in [-0.05, 0) is 51.0 Å². The first kappa shape index (κ1) is 17.5. The van der Waals surface area contributed by atoms with Crippen LogP contribution in [-0.2, 0) is 4.79 Å². The number of fused-ring (bicyclic) bond motifs is 2. The predicted octanol–water partition coefficient (Wildman–Crippen LogP) is 4.16. The van der Waals surface area contributed by atoms with E-state index >= 15 is 0 Å². The second-order valence-electron chi connectivity index (χ2n) is 7.68. The van der Waals surface area contributed by atoms with Gasteiger partial charge in [-0.3, -0.25) is 4.79 Å². The number of nitrogens with one attached hydrogen (secondary N) is 1. The largest absolute Gasteiger partial charge is 0.352 e. The molecular weight excluding hydrogens is 342 g/mol. The number of benzene rings is 1. The molecule has 0 aliphatic heterocycles. The summed E-state index contributed by atoms with van der Waals surface area (Å²) < 4.78 is 0. The summed E-state index contributed by atoms with van der Waals surface area (Å²) in [4.78, 5) is 21.5. The lowest BCUT2D eigenvalue weighted by Gasteiger charge is -2.22. The van der Waals surface area contributed by atoms with E-state index in [9.17, 15) is 4.79 Å². The van der Waals surface area contributed by atoms with Crippen LogP contribution in [0.4, 0.5) is 0 Å². The van der Waals surface area contributed by atoms with Gasteiger partial charge in [0.25, 0.3) is 0 Å². The molecule has 3 atom stereocenters. The summed E-state index contributed by atoms with van der Waals surface area (Å²) in [5, 5.41) is 3.90. The Morgan fingerprint density at radius 2 is 1.96 bits per heavy atom. The minimum Gasteiger partial charge on any atom is -0.352 e. The van der Waals surface area contributed by atoms with Gasteiger partial charge >= 0.3 is 0 Å². The Kier molecular flexibility index (Phi) is 4.98. The summed E-state index contributed by atoms with van der Waals surface area (Å²) in [7, 11) is 0. The Balaban J connectivity index is 1.38. The minimum absolute atomic E-state index is 0.106. The van der Waals surface area contributed by atoms with E-state index in [1.165, 1.54) is 43.0 Å². The summed E-state index contributed by atoms with van der Waals surface area (Å²) in [6.45, 7) is 4.05. The maximum absolute atomic E-state index is 12.3. The molecule has 1 N–H and O–H groups in total. The number of hydrogen-bond acceptors (Lipinski definition) is 4. The molecule has 4 rings (SSSR count). The number of aromatic nitrogens is 2. The zero-order valence-corrected chi connectivity index (χ0v) is 16.2. The Morgan fingerprint density at radius 3 is 2.65 bits per heavy atom. The van der Waals surface area contributed by atoms with Crippen LogP contribution in [0.25, 0.3) is 11.3 Å². The van der Waals surface area contributed by atoms with Crippen LogP contribution in [0.5, 0.6) is 0 Å². The van der Waals surface area contributed by atoms with Crippen LogP contribution in [0.15, 0.2) is 35.5 Å². The molecule has 5 heteroatoms. The van der Waals surface area contributed by atoms with Crippen LogP contribution >= 0.6 is 11.8 Å². The van der Waals surface area contributed by atoms with Gasteiger partial charge < -0.3 is 5.32 Å².